The van der Waals surface area contributed by atoms with Crippen molar-refractivity contribution in [3.8, 4) is 0 Å². The highest BCUT2D eigenvalue weighted by atomic mass is 32.1. The highest BCUT2D eigenvalue weighted by molar-refractivity contribution is 7.12. The minimum Gasteiger partial charge on any atom is -0.316 e. The van der Waals surface area contributed by atoms with Crippen molar-refractivity contribution in [3.05, 3.63) is 68.9 Å². The number of nitrogens with zero attached hydrogens (tertiary/aromatic N) is 2. The van der Waals surface area contributed by atoms with Crippen molar-refractivity contribution in [1.82, 2.24) is 9.78 Å². The van der Waals surface area contributed by atoms with E-state index in [0.717, 1.165) is 28.3 Å². The quantitative estimate of drug-likeness (QED) is 0.354. The molecule has 29 heavy (non-hydrogen) atoms. The lowest BCUT2D eigenvalue weighted by molar-refractivity contribution is -0.141. The van der Waals surface area contributed by atoms with E-state index in [1.54, 1.807) is 5.32 Å². The second-order valence-electron chi connectivity index (χ2n) is 5.61. The summed E-state index contributed by atoms with van der Waals surface area (Å²) in [5.74, 6) is -12.4. The SMILES string of the molecule is O=C(Nc1c(F)c(F)c(F)c(F)c1F)c1cc(Cn2ccc(C(F)(F)F)n2)cs1. The number of thiophene rings is 1. The molecular weight excluding hydrogens is 434 g/mol. The summed E-state index contributed by atoms with van der Waals surface area (Å²) in [5, 5.41) is 6.30. The van der Waals surface area contributed by atoms with Crippen molar-refractivity contribution in [3.63, 3.8) is 0 Å². The normalized spacial score (nSPS) is 11.7. The van der Waals surface area contributed by atoms with Crippen molar-refractivity contribution in [2.24, 2.45) is 0 Å². The summed E-state index contributed by atoms with van der Waals surface area (Å²) < 4.78 is 105. The number of anilines is 1. The standard InChI is InChI=1S/C16H7F8N3OS/c17-9-10(18)12(20)14(13(21)11(9)19)25-15(28)7-3-6(5-29-7)4-27-2-1-8(26-27)16(22,23)24/h1-3,5H,4H2,(H,25,28). The lowest BCUT2D eigenvalue weighted by Crippen LogP contribution is -2.16. The molecule has 3 rings (SSSR count). The number of carbonyl (C=O) groups is 1. The van der Waals surface area contributed by atoms with Crippen molar-refractivity contribution < 1.29 is 39.9 Å². The maximum atomic E-state index is 13.6. The van der Waals surface area contributed by atoms with Crippen LogP contribution in [-0.4, -0.2) is 15.7 Å². The van der Waals surface area contributed by atoms with E-state index < -0.39 is 52.6 Å². The maximum absolute atomic E-state index is 13.6. The van der Waals surface area contributed by atoms with Crippen LogP contribution in [0.1, 0.15) is 20.9 Å². The van der Waals surface area contributed by atoms with Crippen LogP contribution < -0.4 is 5.32 Å². The Morgan fingerprint density at radius 2 is 1.62 bits per heavy atom. The Kier molecular flexibility index (Phi) is 5.34. The van der Waals surface area contributed by atoms with E-state index in [0.29, 0.717) is 5.56 Å². The predicted octanol–water partition coefficient (Wildman–Crippen LogP) is 4.96. The van der Waals surface area contributed by atoms with Gasteiger partial charge in [0.1, 0.15) is 5.69 Å². The zero-order valence-corrected chi connectivity index (χ0v) is 14.6. The molecule has 0 aliphatic heterocycles. The summed E-state index contributed by atoms with van der Waals surface area (Å²) in [6.45, 7) is -0.150. The lowest BCUT2D eigenvalue weighted by Gasteiger charge is -2.09. The Hall–Kier alpha value is -2.96. The van der Waals surface area contributed by atoms with Crippen molar-refractivity contribution in [2.75, 3.05) is 5.32 Å². The van der Waals surface area contributed by atoms with E-state index >= 15 is 0 Å². The van der Waals surface area contributed by atoms with E-state index in [1.165, 1.54) is 11.4 Å². The largest absolute Gasteiger partial charge is 0.435 e. The second-order valence-corrected chi connectivity index (χ2v) is 6.53. The second kappa shape index (κ2) is 7.46. The van der Waals surface area contributed by atoms with Gasteiger partial charge >= 0.3 is 6.18 Å². The third-order valence-corrected chi connectivity index (χ3v) is 4.58. The minimum atomic E-state index is -4.63. The molecule has 0 aliphatic carbocycles. The number of benzene rings is 1. The zero-order valence-electron chi connectivity index (χ0n) is 13.8. The topological polar surface area (TPSA) is 46.9 Å². The number of alkyl halides is 3. The van der Waals surface area contributed by atoms with Gasteiger partial charge in [0.15, 0.2) is 29.0 Å². The monoisotopic (exact) mass is 441 g/mol. The van der Waals surface area contributed by atoms with Crippen LogP contribution in [0, 0.1) is 29.1 Å². The third-order valence-electron chi connectivity index (χ3n) is 3.60. The van der Waals surface area contributed by atoms with Crippen LogP contribution >= 0.6 is 11.3 Å². The molecular formula is C16H7F8N3OS. The fourth-order valence-corrected chi connectivity index (χ4v) is 3.05. The highest BCUT2D eigenvalue weighted by Crippen LogP contribution is 2.29. The maximum Gasteiger partial charge on any atom is 0.435 e. The predicted molar refractivity (Wildman–Crippen MR) is 84.8 cm³/mol. The number of amides is 1. The van der Waals surface area contributed by atoms with Gasteiger partial charge in [-0.15, -0.1) is 11.3 Å². The molecule has 0 saturated heterocycles. The zero-order chi connectivity index (χ0) is 21.5. The molecule has 4 nitrogen and oxygen atoms in total. The van der Waals surface area contributed by atoms with Gasteiger partial charge < -0.3 is 5.32 Å². The molecule has 1 amide bonds. The molecule has 13 heteroatoms. The first-order chi connectivity index (χ1) is 13.5. The molecule has 0 radical (unpaired) electrons. The minimum absolute atomic E-state index is 0.150. The molecule has 3 aromatic rings. The summed E-state index contributed by atoms with van der Waals surface area (Å²) >= 11 is 0.750. The molecule has 154 valence electrons. The van der Waals surface area contributed by atoms with Gasteiger partial charge in [0.25, 0.3) is 5.91 Å². The summed E-state index contributed by atoms with van der Waals surface area (Å²) in [6.07, 6.45) is -3.56. The van der Waals surface area contributed by atoms with E-state index in [-0.39, 0.29) is 11.4 Å². The van der Waals surface area contributed by atoms with E-state index in [4.69, 9.17) is 0 Å². The van der Waals surface area contributed by atoms with Crippen LogP contribution in [0.5, 0.6) is 0 Å². The van der Waals surface area contributed by atoms with Gasteiger partial charge in [-0.05, 0) is 23.1 Å². The summed E-state index contributed by atoms with van der Waals surface area (Å²) in [6, 6.07) is 1.93. The van der Waals surface area contributed by atoms with Gasteiger partial charge in [0.05, 0.1) is 11.4 Å². The molecule has 0 spiro atoms. The van der Waals surface area contributed by atoms with Crippen LogP contribution in [0.25, 0.3) is 0 Å². The number of aromatic nitrogens is 2. The number of halogens is 8. The molecule has 1 N–H and O–H groups in total. The average Bonchev–Trinajstić information content (AvgIpc) is 3.31. The number of hydrogen-bond donors (Lipinski definition) is 1. The molecule has 0 unspecified atom stereocenters. The summed E-state index contributed by atoms with van der Waals surface area (Å²) in [7, 11) is 0. The van der Waals surface area contributed by atoms with Crippen molar-refractivity contribution in [1.29, 1.82) is 0 Å². The Morgan fingerprint density at radius 1 is 1.03 bits per heavy atom. The Bertz CT molecular complexity index is 1060. The molecule has 0 saturated carbocycles. The smallest absolute Gasteiger partial charge is 0.316 e. The molecule has 0 aliphatic rings. The van der Waals surface area contributed by atoms with E-state index in [2.05, 4.69) is 5.10 Å². The summed E-state index contributed by atoms with van der Waals surface area (Å²) in [5.41, 5.74) is -2.30. The van der Waals surface area contributed by atoms with Crippen molar-refractivity contribution >= 4 is 22.9 Å². The molecule has 0 fully saturated rings. The number of carbonyl (C=O) groups excluding carboxylic acids is 1. The van der Waals surface area contributed by atoms with Gasteiger partial charge in [-0.25, -0.2) is 22.0 Å². The molecule has 2 aromatic heterocycles. The van der Waals surface area contributed by atoms with Crippen molar-refractivity contribution in [2.45, 2.75) is 12.7 Å². The van der Waals surface area contributed by atoms with Crippen LogP contribution in [0.15, 0.2) is 23.7 Å². The highest BCUT2D eigenvalue weighted by Gasteiger charge is 2.33. The van der Waals surface area contributed by atoms with Crippen LogP contribution in [0.3, 0.4) is 0 Å². The first-order valence-electron chi connectivity index (χ1n) is 7.50. The fraction of sp³-hybridized carbons (Fsp3) is 0.125. The number of rotatable bonds is 4. The molecule has 1 aromatic carbocycles. The van der Waals surface area contributed by atoms with E-state index in [9.17, 15) is 39.9 Å². The van der Waals surface area contributed by atoms with Gasteiger partial charge in [-0.1, -0.05) is 0 Å². The number of nitrogens with one attached hydrogen (secondary N) is 1. The first kappa shape index (κ1) is 20.8. The lowest BCUT2D eigenvalue weighted by atomic mass is 10.2. The summed E-state index contributed by atoms with van der Waals surface area (Å²) in [4.78, 5) is 11.9. The van der Waals surface area contributed by atoms with Gasteiger partial charge in [-0.2, -0.15) is 18.3 Å². The fourth-order valence-electron chi connectivity index (χ4n) is 2.26. The molecule has 0 atom stereocenters. The Labute approximate surface area is 160 Å². The van der Waals surface area contributed by atoms with Crippen LogP contribution in [0.4, 0.5) is 40.8 Å². The number of hydrogen-bond acceptors (Lipinski definition) is 3. The molecule has 2 heterocycles. The van der Waals surface area contributed by atoms with Gasteiger partial charge in [0.2, 0.25) is 5.82 Å². The van der Waals surface area contributed by atoms with Gasteiger partial charge in [-0.3, -0.25) is 9.48 Å². The Morgan fingerprint density at radius 3 is 2.17 bits per heavy atom. The van der Waals surface area contributed by atoms with E-state index in [1.807, 2.05) is 0 Å². The third kappa shape index (κ3) is 4.09. The van der Waals surface area contributed by atoms with Gasteiger partial charge in [0, 0.05) is 6.20 Å². The first-order valence-corrected chi connectivity index (χ1v) is 8.38. The Balaban J connectivity index is 1.78. The average molecular weight is 441 g/mol. The van der Waals surface area contributed by atoms with Crippen LogP contribution in [-0.2, 0) is 12.7 Å². The van der Waals surface area contributed by atoms with Crippen LogP contribution in [0.2, 0.25) is 0 Å². The molecule has 0 bridgehead atoms.